The van der Waals surface area contributed by atoms with Crippen LogP contribution in [-0.4, -0.2) is 39.4 Å². The molecule has 0 spiro atoms. The number of rotatable bonds is 4. The van der Waals surface area contributed by atoms with E-state index >= 15 is 0 Å². The van der Waals surface area contributed by atoms with Crippen LogP contribution < -0.4 is 0 Å². The average Bonchev–Trinajstić information content (AvgIpc) is 2.70. The van der Waals surface area contributed by atoms with Crippen molar-refractivity contribution in [2.24, 2.45) is 0 Å². The van der Waals surface area contributed by atoms with Crippen molar-refractivity contribution in [1.29, 1.82) is 0 Å². The Balaban J connectivity index is 0. The lowest BCUT2D eigenvalue weighted by Gasteiger charge is -2.32. The standard InChI is InChI=1S/C23H24N2.2ClH.3H2O/c1-3-7-20(8-4-1)22-11-13-25(14-12-22)18-19-15-23(17-24-16-19)21-9-5-2-6-10-21;;;;;/h1-10,15-17,22H,11-14,18H2;2*1H;3*1H2. The molecule has 7 heteroatoms. The van der Waals surface area contributed by atoms with E-state index in [1.165, 1.54) is 35.1 Å². The Morgan fingerprint density at radius 3 is 1.90 bits per heavy atom. The third kappa shape index (κ3) is 7.69. The normalized spacial score (nSPS) is 13.3. The molecule has 5 nitrogen and oxygen atoms in total. The summed E-state index contributed by atoms with van der Waals surface area (Å²) in [5.74, 6) is 0.714. The van der Waals surface area contributed by atoms with Crippen LogP contribution in [0, 0.1) is 0 Å². The van der Waals surface area contributed by atoms with Crippen LogP contribution in [0.5, 0.6) is 0 Å². The van der Waals surface area contributed by atoms with Gasteiger partial charge in [-0.2, -0.15) is 0 Å². The van der Waals surface area contributed by atoms with Gasteiger partial charge in [0.25, 0.3) is 0 Å². The predicted octanol–water partition coefficient (Wildman–Crippen LogP) is 3.50. The average molecular weight is 455 g/mol. The number of likely N-dealkylation sites (tertiary alicyclic amines) is 1. The first kappa shape index (κ1) is 30.2. The van der Waals surface area contributed by atoms with Gasteiger partial charge in [-0.05, 0) is 54.6 Å². The van der Waals surface area contributed by atoms with E-state index in [1.54, 1.807) is 0 Å². The fourth-order valence-corrected chi connectivity index (χ4v) is 3.77. The fourth-order valence-electron chi connectivity index (χ4n) is 3.77. The minimum atomic E-state index is 0. The molecule has 6 N–H and O–H groups in total. The highest BCUT2D eigenvalue weighted by Gasteiger charge is 2.20. The van der Waals surface area contributed by atoms with Crippen molar-refractivity contribution in [1.82, 2.24) is 9.88 Å². The monoisotopic (exact) mass is 454 g/mol. The molecule has 1 aromatic heterocycles. The Kier molecular flexibility index (Phi) is 15.0. The summed E-state index contributed by atoms with van der Waals surface area (Å²) in [4.78, 5) is 7.02. The molecule has 4 rings (SSSR count). The van der Waals surface area contributed by atoms with Gasteiger partial charge in [-0.1, -0.05) is 60.7 Å². The van der Waals surface area contributed by atoms with Gasteiger partial charge in [-0.25, -0.2) is 0 Å². The van der Waals surface area contributed by atoms with Gasteiger partial charge in [0.05, 0.1) is 0 Å². The van der Waals surface area contributed by atoms with E-state index in [9.17, 15) is 0 Å². The van der Waals surface area contributed by atoms with Gasteiger partial charge in [0.2, 0.25) is 0 Å². The third-order valence-electron chi connectivity index (χ3n) is 5.17. The van der Waals surface area contributed by atoms with E-state index in [4.69, 9.17) is 0 Å². The topological polar surface area (TPSA) is 111 Å². The molecular weight excluding hydrogens is 423 g/mol. The van der Waals surface area contributed by atoms with Gasteiger partial charge in [0.15, 0.2) is 0 Å². The van der Waals surface area contributed by atoms with Crippen molar-refractivity contribution in [3.63, 3.8) is 0 Å². The van der Waals surface area contributed by atoms with Crippen LogP contribution in [0.4, 0.5) is 0 Å². The van der Waals surface area contributed by atoms with Crippen LogP contribution in [-0.2, 0) is 6.54 Å². The van der Waals surface area contributed by atoms with E-state index in [0.29, 0.717) is 5.92 Å². The Morgan fingerprint density at radius 1 is 0.733 bits per heavy atom. The number of pyridine rings is 1. The van der Waals surface area contributed by atoms with Gasteiger partial charge in [0, 0.05) is 24.5 Å². The number of aromatic nitrogens is 1. The zero-order valence-electron chi connectivity index (χ0n) is 16.8. The molecule has 2 aromatic carbocycles. The van der Waals surface area contributed by atoms with E-state index in [2.05, 4.69) is 76.6 Å². The first-order valence-electron chi connectivity index (χ1n) is 9.15. The quantitative estimate of drug-likeness (QED) is 0.600. The van der Waals surface area contributed by atoms with Crippen molar-refractivity contribution < 1.29 is 16.4 Å². The summed E-state index contributed by atoms with van der Waals surface area (Å²) in [6.45, 7) is 3.32. The lowest BCUT2D eigenvalue weighted by Crippen LogP contribution is -2.32. The number of nitrogens with zero attached hydrogens (tertiary/aromatic N) is 2. The smallest absolute Gasteiger partial charge is 0.0346 e. The van der Waals surface area contributed by atoms with E-state index in [1.807, 2.05) is 12.4 Å². The molecule has 0 aliphatic carbocycles. The van der Waals surface area contributed by atoms with Crippen LogP contribution in [0.3, 0.4) is 0 Å². The summed E-state index contributed by atoms with van der Waals surface area (Å²) in [6, 6.07) is 23.7. The SMILES string of the molecule is Cl.Cl.O.O.O.c1ccc(-c2cncc(CN3CCC(c4ccccc4)CC3)c2)cc1. The first-order valence-corrected chi connectivity index (χ1v) is 9.15. The van der Waals surface area contributed by atoms with Crippen LogP contribution in [0.25, 0.3) is 11.1 Å². The number of benzene rings is 2. The van der Waals surface area contributed by atoms with Crippen LogP contribution in [0.2, 0.25) is 0 Å². The molecule has 1 saturated heterocycles. The molecule has 0 atom stereocenters. The maximum absolute atomic E-state index is 4.46. The van der Waals surface area contributed by atoms with Crippen molar-refractivity contribution in [2.45, 2.75) is 25.3 Å². The van der Waals surface area contributed by atoms with E-state index in [0.717, 1.165) is 19.6 Å². The van der Waals surface area contributed by atoms with Crippen molar-refractivity contribution >= 4 is 24.8 Å². The van der Waals surface area contributed by atoms with Crippen molar-refractivity contribution in [2.75, 3.05) is 13.1 Å². The molecule has 1 aliphatic rings. The van der Waals surface area contributed by atoms with Gasteiger partial charge < -0.3 is 16.4 Å². The Bertz CT molecular complexity index is 815. The molecule has 3 aromatic rings. The highest BCUT2D eigenvalue weighted by molar-refractivity contribution is 5.85. The number of hydrogen-bond acceptors (Lipinski definition) is 2. The Morgan fingerprint density at radius 2 is 1.30 bits per heavy atom. The summed E-state index contributed by atoms with van der Waals surface area (Å²) in [5.41, 5.74) is 5.24. The van der Waals surface area contributed by atoms with Gasteiger partial charge in [-0.15, -0.1) is 24.8 Å². The molecule has 0 radical (unpaired) electrons. The van der Waals surface area contributed by atoms with Crippen LogP contribution in [0.1, 0.15) is 29.9 Å². The van der Waals surface area contributed by atoms with Gasteiger partial charge in [0.1, 0.15) is 0 Å². The van der Waals surface area contributed by atoms with E-state index in [-0.39, 0.29) is 41.2 Å². The summed E-state index contributed by atoms with van der Waals surface area (Å²) < 4.78 is 0. The van der Waals surface area contributed by atoms with Gasteiger partial charge >= 0.3 is 0 Å². The number of piperidine rings is 1. The van der Waals surface area contributed by atoms with Gasteiger partial charge in [-0.3, -0.25) is 9.88 Å². The molecule has 166 valence electrons. The van der Waals surface area contributed by atoms with Crippen molar-refractivity contribution in [3.8, 4) is 11.1 Å². The number of halogens is 2. The lowest BCUT2D eigenvalue weighted by atomic mass is 9.89. The summed E-state index contributed by atoms with van der Waals surface area (Å²) >= 11 is 0. The highest BCUT2D eigenvalue weighted by Crippen LogP contribution is 2.28. The molecule has 0 saturated carbocycles. The summed E-state index contributed by atoms with van der Waals surface area (Å²) in [6.07, 6.45) is 6.46. The summed E-state index contributed by atoms with van der Waals surface area (Å²) in [5, 5.41) is 0. The maximum atomic E-state index is 4.46. The number of hydrogen-bond donors (Lipinski definition) is 0. The first-order chi connectivity index (χ1) is 12.4. The van der Waals surface area contributed by atoms with Crippen molar-refractivity contribution in [3.05, 3.63) is 90.3 Å². The zero-order chi connectivity index (χ0) is 16.9. The second-order valence-corrected chi connectivity index (χ2v) is 6.91. The zero-order valence-corrected chi connectivity index (χ0v) is 18.5. The molecule has 2 heterocycles. The predicted molar refractivity (Wildman–Crippen MR) is 129 cm³/mol. The molecule has 1 aliphatic heterocycles. The molecule has 1 fully saturated rings. The summed E-state index contributed by atoms with van der Waals surface area (Å²) in [7, 11) is 0. The Labute approximate surface area is 190 Å². The molecular formula is C23H32Cl2N2O3. The van der Waals surface area contributed by atoms with Crippen LogP contribution in [0.15, 0.2) is 79.1 Å². The molecule has 0 bridgehead atoms. The lowest BCUT2D eigenvalue weighted by molar-refractivity contribution is 0.204. The second kappa shape index (κ2) is 14.9. The largest absolute Gasteiger partial charge is 0.412 e. The third-order valence-corrected chi connectivity index (χ3v) is 5.17. The molecule has 0 amide bonds. The maximum Gasteiger partial charge on any atom is 0.0346 e. The van der Waals surface area contributed by atoms with E-state index < -0.39 is 0 Å². The van der Waals surface area contributed by atoms with Crippen LogP contribution >= 0.6 is 24.8 Å². The Hall–Kier alpha value is -1.99. The second-order valence-electron chi connectivity index (χ2n) is 6.91. The fraction of sp³-hybridized carbons (Fsp3) is 0.261. The minimum absolute atomic E-state index is 0. The molecule has 30 heavy (non-hydrogen) atoms. The minimum Gasteiger partial charge on any atom is -0.412 e. The molecule has 0 unspecified atom stereocenters. The highest BCUT2D eigenvalue weighted by atomic mass is 35.5.